The van der Waals surface area contributed by atoms with Gasteiger partial charge in [0.15, 0.2) is 0 Å². The van der Waals surface area contributed by atoms with Gasteiger partial charge in [0.2, 0.25) is 0 Å². The second-order valence-electron chi connectivity index (χ2n) is 3.78. The SMILES string of the molecule is CCOC(=O)C1CSC2=C1CCC(=O)C2. The van der Waals surface area contributed by atoms with Crippen molar-refractivity contribution in [2.75, 3.05) is 12.4 Å². The van der Waals surface area contributed by atoms with Crippen molar-refractivity contribution in [3.05, 3.63) is 10.5 Å². The summed E-state index contributed by atoms with van der Waals surface area (Å²) in [5, 5.41) is 0. The van der Waals surface area contributed by atoms with E-state index in [-0.39, 0.29) is 11.9 Å². The molecule has 0 fully saturated rings. The molecular formula is C11H14O3S. The maximum absolute atomic E-state index is 11.6. The molecule has 0 aromatic heterocycles. The lowest BCUT2D eigenvalue weighted by Crippen LogP contribution is -2.21. The lowest BCUT2D eigenvalue weighted by atomic mass is 9.90. The van der Waals surface area contributed by atoms with Gasteiger partial charge in [-0.05, 0) is 23.8 Å². The number of ether oxygens (including phenoxy) is 1. The van der Waals surface area contributed by atoms with Crippen molar-refractivity contribution in [1.82, 2.24) is 0 Å². The first-order chi connectivity index (χ1) is 7.22. The molecule has 3 nitrogen and oxygen atoms in total. The number of hydrogen-bond donors (Lipinski definition) is 0. The summed E-state index contributed by atoms with van der Waals surface area (Å²) in [6.07, 6.45) is 1.88. The summed E-state index contributed by atoms with van der Waals surface area (Å²) < 4.78 is 5.03. The van der Waals surface area contributed by atoms with Crippen molar-refractivity contribution in [1.29, 1.82) is 0 Å². The average molecular weight is 226 g/mol. The molecule has 0 N–H and O–H groups in total. The predicted octanol–water partition coefficient (Wildman–Crippen LogP) is 1.92. The quantitative estimate of drug-likeness (QED) is 0.675. The molecular weight excluding hydrogens is 212 g/mol. The van der Waals surface area contributed by atoms with Crippen LogP contribution >= 0.6 is 11.8 Å². The molecule has 0 amide bonds. The summed E-state index contributed by atoms with van der Waals surface area (Å²) in [6, 6.07) is 0. The Balaban J connectivity index is 2.11. The van der Waals surface area contributed by atoms with E-state index in [4.69, 9.17) is 4.74 Å². The molecule has 2 rings (SSSR count). The summed E-state index contributed by atoms with van der Waals surface area (Å²) >= 11 is 1.65. The lowest BCUT2D eigenvalue weighted by Gasteiger charge is -2.16. The number of allylic oxidation sites excluding steroid dienone is 1. The Morgan fingerprint density at radius 2 is 2.33 bits per heavy atom. The maximum Gasteiger partial charge on any atom is 0.313 e. The predicted molar refractivity (Wildman–Crippen MR) is 58.5 cm³/mol. The van der Waals surface area contributed by atoms with Gasteiger partial charge in [-0.25, -0.2) is 0 Å². The van der Waals surface area contributed by atoms with Crippen LogP contribution in [-0.4, -0.2) is 24.1 Å². The third kappa shape index (κ3) is 2.09. The molecule has 0 saturated carbocycles. The van der Waals surface area contributed by atoms with Crippen LogP contribution in [0.15, 0.2) is 10.5 Å². The van der Waals surface area contributed by atoms with Crippen LogP contribution in [0.1, 0.15) is 26.2 Å². The third-order valence-electron chi connectivity index (χ3n) is 2.81. The first-order valence-electron chi connectivity index (χ1n) is 5.25. The number of rotatable bonds is 2. The Morgan fingerprint density at radius 1 is 1.53 bits per heavy atom. The highest BCUT2D eigenvalue weighted by molar-refractivity contribution is 8.03. The molecule has 1 atom stereocenters. The topological polar surface area (TPSA) is 43.4 Å². The smallest absolute Gasteiger partial charge is 0.313 e. The fourth-order valence-electron chi connectivity index (χ4n) is 2.04. The molecule has 82 valence electrons. The lowest BCUT2D eigenvalue weighted by molar-refractivity contribution is -0.146. The van der Waals surface area contributed by atoms with E-state index in [2.05, 4.69) is 0 Å². The molecule has 15 heavy (non-hydrogen) atoms. The first-order valence-corrected chi connectivity index (χ1v) is 6.24. The molecule has 0 spiro atoms. The van der Waals surface area contributed by atoms with Crippen LogP contribution in [-0.2, 0) is 14.3 Å². The van der Waals surface area contributed by atoms with E-state index in [0.29, 0.717) is 25.2 Å². The number of hydrogen-bond acceptors (Lipinski definition) is 4. The minimum atomic E-state index is -0.121. The number of thioether (sulfide) groups is 1. The Morgan fingerprint density at radius 3 is 3.07 bits per heavy atom. The van der Waals surface area contributed by atoms with E-state index < -0.39 is 0 Å². The molecule has 1 aliphatic carbocycles. The van der Waals surface area contributed by atoms with E-state index in [9.17, 15) is 9.59 Å². The number of carbonyl (C=O) groups excluding carboxylic acids is 2. The van der Waals surface area contributed by atoms with Crippen LogP contribution in [0.25, 0.3) is 0 Å². The second kappa shape index (κ2) is 4.39. The summed E-state index contributed by atoms with van der Waals surface area (Å²) in [7, 11) is 0. The molecule has 0 bridgehead atoms. The number of ketones is 1. The molecule has 1 aliphatic heterocycles. The zero-order valence-corrected chi connectivity index (χ0v) is 9.56. The number of Topliss-reactive ketones (excluding diaryl/α,β-unsaturated/α-hetero) is 1. The van der Waals surface area contributed by atoms with Crippen molar-refractivity contribution in [3.8, 4) is 0 Å². The minimum Gasteiger partial charge on any atom is -0.466 e. The number of carbonyl (C=O) groups is 2. The molecule has 0 saturated heterocycles. The van der Waals surface area contributed by atoms with Gasteiger partial charge in [0.1, 0.15) is 5.78 Å². The molecule has 2 aliphatic rings. The Kier molecular flexibility index (Phi) is 3.14. The van der Waals surface area contributed by atoms with Crippen molar-refractivity contribution < 1.29 is 14.3 Å². The van der Waals surface area contributed by atoms with Crippen LogP contribution in [0.2, 0.25) is 0 Å². The van der Waals surface area contributed by atoms with Crippen LogP contribution < -0.4 is 0 Å². The van der Waals surface area contributed by atoms with E-state index >= 15 is 0 Å². The summed E-state index contributed by atoms with van der Waals surface area (Å²) in [5.41, 5.74) is 1.16. The van der Waals surface area contributed by atoms with Gasteiger partial charge >= 0.3 is 5.97 Å². The van der Waals surface area contributed by atoms with Crippen LogP contribution in [0.5, 0.6) is 0 Å². The molecule has 1 heterocycles. The van der Waals surface area contributed by atoms with Gasteiger partial charge in [-0.1, -0.05) is 0 Å². The van der Waals surface area contributed by atoms with Gasteiger partial charge in [0.25, 0.3) is 0 Å². The average Bonchev–Trinajstić information content (AvgIpc) is 2.60. The van der Waals surface area contributed by atoms with Gasteiger partial charge in [-0.15, -0.1) is 11.8 Å². The normalized spacial score (nSPS) is 25.4. The van der Waals surface area contributed by atoms with Gasteiger partial charge in [0.05, 0.1) is 12.5 Å². The fraction of sp³-hybridized carbons (Fsp3) is 0.636. The molecule has 0 aromatic carbocycles. The van der Waals surface area contributed by atoms with Crippen LogP contribution in [0.3, 0.4) is 0 Å². The summed E-state index contributed by atoms with van der Waals surface area (Å²) in [6.45, 7) is 2.25. The van der Waals surface area contributed by atoms with Gasteiger partial charge in [0, 0.05) is 18.6 Å². The van der Waals surface area contributed by atoms with E-state index in [0.717, 1.165) is 22.7 Å². The zero-order chi connectivity index (χ0) is 10.8. The highest BCUT2D eigenvalue weighted by Gasteiger charge is 2.35. The molecule has 1 unspecified atom stereocenters. The van der Waals surface area contributed by atoms with Gasteiger partial charge in [-0.3, -0.25) is 9.59 Å². The highest BCUT2D eigenvalue weighted by Crippen LogP contribution is 2.43. The minimum absolute atomic E-state index is 0.0851. The van der Waals surface area contributed by atoms with E-state index in [1.165, 1.54) is 0 Å². The second-order valence-corrected chi connectivity index (χ2v) is 4.89. The summed E-state index contributed by atoms with van der Waals surface area (Å²) in [5.74, 6) is 0.852. The monoisotopic (exact) mass is 226 g/mol. The van der Waals surface area contributed by atoms with Crippen molar-refractivity contribution in [2.45, 2.75) is 26.2 Å². The van der Waals surface area contributed by atoms with E-state index in [1.807, 2.05) is 6.92 Å². The molecule has 0 radical (unpaired) electrons. The fourth-order valence-corrected chi connectivity index (χ4v) is 3.44. The Hall–Kier alpha value is -0.770. The zero-order valence-electron chi connectivity index (χ0n) is 8.75. The standard InChI is InChI=1S/C11H14O3S/c1-2-14-11(13)9-6-15-10-5-7(12)3-4-8(9)10/h9H,2-6H2,1H3. The Bertz CT molecular complexity index is 333. The van der Waals surface area contributed by atoms with E-state index in [1.54, 1.807) is 11.8 Å². The van der Waals surface area contributed by atoms with Crippen molar-refractivity contribution in [3.63, 3.8) is 0 Å². The van der Waals surface area contributed by atoms with Crippen LogP contribution in [0, 0.1) is 5.92 Å². The van der Waals surface area contributed by atoms with Crippen molar-refractivity contribution >= 4 is 23.5 Å². The molecule has 0 aromatic rings. The summed E-state index contributed by atoms with van der Waals surface area (Å²) in [4.78, 5) is 24.0. The van der Waals surface area contributed by atoms with Gasteiger partial charge < -0.3 is 4.74 Å². The van der Waals surface area contributed by atoms with Crippen molar-refractivity contribution in [2.24, 2.45) is 5.92 Å². The van der Waals surface area contributed by atoms with Crippen LogP contribution in [0.4, 0.5) is 0 Å². The Labute approximate surface area is 93.2 Å². The third-order valence-corrected chi connectivity index (χ3v) is 4.06. The molecule has 4 heteroatoms. The number of esters is 1. The largest absolute Gasteiger partial charge is 0.466 e. The van der Waals surface area contributed by atoms with Gasteiger partial charge in [-0.2, -0.15) is 0 Å². The highest BCUT2D eigenvalue weighted by atomic mass is 32.2. The first kappa shape index (κ1) is 10.7. The maximum atomic E-state index is 11.6.